The molecule has 3 heterocycles. The van der Waals surface area contributed by atoms with Crippen LogP contribution in [0.1, 0.15) is 30.9 Å². The zero-order valence-electron chi connectivity index (χ0n) is 16.8. The van der Waals surface area contributed by atoms with Gasteiger partial charge in [0.1, 0.15) is 11.5 Å². The first-order valence-electron chi connectivity index (χ1n) is 9.03. The highest BCUT2D eigenvalue weighted by Gasteiger charge is 2.19. The van der Waals surface area contributed by atoms with E-state index in [0.29, 0.717) is 23.7 Å². The van der Waals surface area contributed by atoms with E-state index in [1.807, 2.05) is 33.0 Å². The van der Waals surface area contributed by atoms with E-state index in [2.05, 4.69) is 15.2 Å². The molecule has 3 rings (SSSR count). The van der Waals surface area contributed by atoms with Crippen LogP contribution in [0.15, 0.2) is 39.9 Å². The molecule has 0 amide bonds. The van der Waals surface area contributed by atoms with Crippen molar-refractivity contribution in [1.29, 1.82) is 0 Å². The summed E-state index contributed by atoms with van der Waals surface area (Å²) in [5.74, 6) is 0.632. The van der Waals surface area contributed by atoms with Gasteiger partial charge in [-0.05, 0) is 39.8 Å². The lowest BCUT2D eigenvalue weighted by Gasteiger charge is -2.26. The minimum absolute atomic E-state index is 0.242. The van der Waals surface area contributed by atoms with Gasteiger partial charge in [-0.1, -0.05) is 5.16 Å². The van der Waals surface area contributed by atoms with Crippen LogP contribution in [0.2, 0.25) is 0 Å². The number of hydrogen-bond acceptors (Lipinski definition) is 7. The van der Waals surface area contributed by atoms with Crippen LogP contribution in [0.5, 0.6) is 0 Å². The maximum absolute atomic E-state index is 12.6. The fourth-order valence-electron chi connectivity index (χ4n) is 2.99. The Balaban J connectivity index is 1.88. The Kier molecular flexibility index (Phi) is 5.33. The van der Waals surface area contributed by atoms with Crippen LogP contribution in [-0.4, -0.2) is 44.2 Å². The van der Waals surface area contributed by atoms with Crippen LogP contribution in [0.3, 0.4) is 0 Å². The third kappa shape index (κ3) is 4.45. The largest absolute Gasteiger partial charge is 0.389 e. The topological polar surface area (TPSA) is 97.3 Å². The van der Waals surface area contributed by atoms with E-state index in [1.54, 1.807) is 31.1 Å². The minimum Gasteiger partial charge on any atom is -0.389 e. The summed E-state index contributed by atoms with van der Waals surface area (Å²) in [7, 11) is 1.81. The summed E-state index contributed by atoms with van der Waals surface area (Å²) in [5, 5.41) is 18.4. The maximum Gasteiger partial charge on any atom is 0.269 e. The average Bonchev–Trinajstić information content (AvgIpc) is 2.96. The number of aromatic nitrogens is 4. The van der Waals surface area contributed by atoms with Gasteiger partial charge in [0.2, 0.25) is 0 Å². The Morgan fingerprint density at radius 1 is 1.25 bits per heavy atom. The van der Waals surface area contributed by atoms with Crippen molar-refractivity contribution in [3.8, 4) is 11.3 Å². The van der Waals surface area contributed by atoms with Crippen molar-refractivity contribution in [2.75, 3.05) is 18.5 Å². The molecule has 1 N–H and O–H groups in total. The van der Waals surface area contributed by atoms with E-state index in [1.165, 1.54) is 10.7 Å². The molecule has 148 valence electrons. The van der Waals surface area contributed by atoms with Gasteiger partial charge >= 0.3 is 0 Å². The van der Waals surface area contributed by atoms with Gasteiger partial charge in [-0.25, -0.2) is 4.68 Å². The molecule has 3 aromatic rings. The average molecular weight is 383 g/mol. The first kappa shape index (κ1) is 19.8. The summed E-state index contributed by atoms with van der Waals surface area (Å²) in [4.78, 5) is 18.7. The van der Waals surface area contributed by atoms with Gasteiger partial charge in [-0.3, -0.25) is 9.78 Å². The first-order valence-corrected chi connectivity index (χ1v) is 9.03. The molecule has 0 bridgehead atoms. The molecule has 0 saturated heterocycles. The summed E-state index contributed by atoms with van der Waals surface area (Å²) in [6, 6.07) is 5.34. The Bertz CT molecular complexity index is 1020. The predicted octanol–water partition coefficient (Wildman–Crippen LogP) is 2.17. The number of nitrogens with zero attached hydrogens (tertiary/aromatic N) is 5. The van der Waals surface area contributed by atoms with Crippen molar-refractivity contribution in [1.82, 2.24) is 19.9 Å². The summed E-state index contributed by atoms with van der Waals surface area (Å²) in [5.41, 5.74) is 2.71. The fraction of sp³-hybridized carbons (Fsp3) is 0.400. The summed E-state index contributed by atoms with van der Waals surface area (Å²) >= 11 is 0. The number of aryl methyl sites for hydroxylation is 2. The Morgan fingerprint density at radius 2 is 2.00 bits per heavy atom. The molecule has 3 aromatic heterocycles. The summed E-state index contributed by atoms with van der Waals surface area (Å²) in [6.45, 7) is 7.78. The Morgan fingerprint density at radius 3 is 2.61 bits per heavy atom. The third-order valence-electron chi connectivity index (χ3n) is 4.40. The lowest BCUT2D eigenvalue weighted by atomic mass is 10.1. The smallest absolute Gasteiger partial charge is 0.269 e. The SMILES string of the molecule is Cc1ccc(-c2noc(C)c2Cn2ncc(N(C)CC(C)(C)O)cc2=O)cn1. The molecule has 0 spiro atoms. The molecular weight excluding hydrogens is 358 g/mol. The Hall–Kier alpha value is -3.00. The van der Waals surface area contributed by atoms with Crippen LogP contribution in [0.4, 0.5) is 5.69 Å². The zero-order chi connectivity index (χ0) is 20.5. The van der Waals surface area contributed by atoms with E-state index in [9.17, 15) is 9.90 Å². The highest BCUT2D eigenvalue weighted by Crippen LogP contribution is 2.25. The van der Waals surface area contributed by atoms with E-state index in [0.717, 1.165) is 16.8 Å². The van der Waals surface area contributed by atoms with Crippen molar-refractivity contribution in [3.63, 3.8) is 0 Å². The molecule has 0 unspecified atom stereocenters. The third-order valence-corrected chi connectivity index (χ3v) is 4.40. The van der Waals surface area contributed by atoms with Crippen molar-refractivity contribution >= 4 is 5.69 Å². The lowest BCUT2D eigenvalue weighted by Crippen LogP contribution is -2.37. The van der Waals surface area contributed by atoms with Gasteiger partial charge < -0.3 is 14.5 Å². The standard InChI is InChI=1S/C20H25N5O3/c1-13-6-7-15(9-21-13)19-17(14(2)28-23-19)11-25-18(26)8-16(10-22-25)24(5)12-20(3,4)27/h6-10,27H,11-12H2,1-5H3. The zero-order valence-corrected chi connectivity index (χ0v) is 16.8. The highest BCUT2D eigenvalue weighted by molar-refractivity contribution is 5.62. The van der Waals surface area contributed by atoms with Crippen LogP contribution in [0, 0.1) is 13.8 Å². The van der Waals surface area contributed by atoms with Gasteiger partial charge in [-0.2, -0.15) is 5.10 Å². The minimum atomic E-state index is -0.875. The van der Waals surface area contributed by atoms with Crippen molar-refractivity contribution in [2.45, 2.75) is 39.8 Å². The van der Waals surface area contributed by atoms with Crippen molar-refractivity contribution in [2.24, 2.45) is 0 Å². The van der Waals surface area contributed by atoms with Crippen LogP contribution in [0.25, 0.3) is 11.3 Å². The monoisotopic (exact) mass is 383 g/mol. The first-order chi connectivity index (χ1) is 13.1. The van der Waals surface area contributed by atoms with Gasteiger partial charge in [0.25, 0.3) is 5.56 Å². The van der Waals surface area contributed by atoms with E-state index >= 15 is 0 Å². The van der Waals surface area contributed by atoms with Gasteiger partial charge in [0.05, 0.1) is 24.0 Å². The van der Waals surface area contributed by atoms with Crippen LogP contribution >= 0.6 is 0 Å². The fourth-order valence-corrected chi connectivity index (χ4v) is 2.99. The molecule has 8 heteroatoms. The number of pyridine rings is 1. The van der Waals surface area contributed by atoms with Crippen molar-refractivity contribution < 1.29 is 9.63 Å². The molecule has 0 saturated carbocycles. The summed E-state index contributed by atoms with van der Waals surface area (Å²) in [6.07, 6.45) is 3.35. The number of aliphatic hydroxyl groups is 1. The van der Waals surface area contributed by atoms with Crippen LogP contribution in [-0.2, 0) is 6.54 Å². The molecule has 0 aliphatic rings. The number of likely N-dealkylation sites (N-methyl/N-ethyl adjacent to an activating group) is 1. The normalized spacial score (nSPS) is 11.6. The maximum atomic E-state index is 12.6. The molecule has 0 aliphatic heterocycles. The Labute approximate surface area is 163 Å². The van der Waals surface area contributed by atoms with Gasteiger partial charge in [0, 0.05) is 42.7 Å². The summed E-state index contributed by atoms with van der Waals surface area (Å²) < 4.78 is 6.72. The van der Waals surface area contributed by atoms with E-state index < -0.39 is 5.60 Å². The van der Waals surface area contributed by atoms with E-state index in [-0.39, 0.29) is 12.1 Å². The van der Waals surface area contributed by atoms with Crippen LogP contribution < -0.4 is 10.5 Å². The second-order valence-corrected chi connectivity index (χ2v) is 7.63. The number of rotatable bonds is 6. The van der Waals surface area contributed by atoms with Crippen molar-refractivity contribution in [3.05, 3.63) is 58.0 Å². The molecule has 0 fully saturated rings. The molecule has 0 radical (unpaired) electrons. The molecule has 8 nitrogen and oxygen atoms in total. The van der Waals surface area contributed by atoms with E-state index in [4.69, 9.17) is 4.52 Å². The number of anilines is 1. The predicted molar refractivity (Wildman–Crippen MR) is 106 cm³/mol. The molecular formula is C20H25N5O3. The molecule has 28 heavy (non-hydrogen) atoms. The van der Waals surface area contributed by atoms with Gasteiger partial charge in [-0.15, -0.1) is 0 Å². The highest BCUT2D eigenvalue weighted by atomic mass is 16.5. The second-order valence-electron chi connectivity index (χ2n) is 7.63. The second kappa shape index (κ2) is 7.55. The molecule has 0 aliphatic carbocycles. The number of hydrogen-bond donors (Lipinski definition) is 1. The molecule has 0 aromatic carbocycles. The quantitative estimate of drug-likeness (QED) is 0.696. The van der Waals surface area contributed by atoms with Gasteiger partial charge in [0.15, 0.2) is 0 Å². The lowest BCUT2D eigenvalue weighted by molar-refractivity contribution is 0.0886. The molecule has 0 atom stereocenters.